The molecule has 1 N–H and O–H groups in total. The summed E-state index contributed by atoms with van der Waals surface area (Å²) in [6.45, 7) is 17.4. The van der Waals surface area contributed by atoms with Crippen molar-refractivity contribution in [2.24, 2.45) is 11.8 Å². The molecule has 1 aromatic carbocycles. The lowest BCUT2D eigenvalue weighted by Gasteiger charge is -2.36. The molecule has 226 valence electrons. The summed E-state index contributed by atoms with van der Waals surface area (Å²) in [4.78, 5) is 34.8. The number of piperazine rings is 2. The van der Waals surface area contributed by atoms with Gasteiger partial charge in [-0.1, -0.05) is 73.9 Å². The van der Waals surface area contributed by atoms with Gasteiger partial charge in [0.15, 0.2) is 0 Å². The van der Waals surface area contributed by atoms with Gasteiger partial charge < -0.3 is 14.9 Å². The van der Waals surface area contributed by atoms with Crippen LogP contribution in [0.15, 0.2) is 12.1 Å². The van der Waals surface area contributed by atoms with Gasteiger partial charge in [-0.25, -0.2) is 0 Å². The minimum absolute atomic E-state index is 0.0123. The summed E-state index contributed by atoms with van der Waals surface area (Å²) < 4.78 is 0.978. The Labute approximate surface area is 258 Å². The summed E-state index contributed by atoms with van der Waals surface area (Å²) in [5.41, 5.74) is 4.26. The fourth-order valence-corrected chi connectivity index (χ4v) is 8.65. The third kappa shape index (κ3) is 7.96. The van der Waals surface area contributed by atoms with Crippen LogP contribution in [0.5, 0.6) is 5.75 Å². The van der Waals surface area contributed by atoms with Crippen molar-refractivity contribution >= 4 is 44.7 Å². The van der Waals surface area contributed by atoms with E-state index in [0.717, 1.165) is 92.1 Å². The predicted octanol–water partition coefficient (Wildman–Crippen LogP) is 5.85. The van der Waals surface area contributed by atoms with Crippen molar-refractivity contribution in [1.82, 2.24) is 19.6 Å². The highest BCUT2D eigenvalue weighted by atomic mass is 32.9. The van der Waals surface area contributed by atoms with Gasteiger partial charge in [-0.05, 0) is 36.1 Å². The second kappa shape index (κ2) is 14.6. The Morgan fingerprint density at radius 2 is 1.29 bits per heavy atom. The third-order valence-corrected chi connectivity index (χ3v) is 11.4. The predicted molar refractivity (Wildman–Crippen MR) is 172 cm³/mol. The lowest BCUT2D eigenvalue weighted by Crippen LogP contribution is -2.49. The largest absolute Gasteiger partial charge is 0.507 e. The number of hydrogen-bond donors (Lipinski definition) is 1. The molecular formula is C31H46N4O3S3. The van der Waals surface area contributed by atoms with E-state index in [-0.39, 0.29) is 23.7 Å². The van der Waals surface area contributed by atoms with Gasteiger partial charge in [0.05, 0.1) is 4.88 Å². The zero-order valence-electron chi connectivity index (χ0n) is 25.3. The molecule has 41 heavy (non-hydrogen) atoms. The van der Waals surface area contributed by atoms with Crippen LogP contribution in [0.2, 0.25) is 0 Å². The first-order valence-electron chi connectivity index (χ1n) is 15.1. The quantitative estimate of drug-likeness (QED) is 0.266. The number of phenolic OH excluding ortho intramolecular Hbond substituents is 1. The first kappa shape index (κ1) is 32.1. The van der Waals surface area contributed by atoms with Crippen LogP contribution in [0.1, 0.15) is 64.2 Å². The van der Waals surface area contributed by atoms with Crippen LogP contribution in [-0.2, 0) is 29.1 Å². The Kier molecular flexibility index (Phi) is 11.4. The van der Waals surface area contributed by atoms with E-state index in [4.69, 9.17) is 12.2 Å². The van der Waals surface area contributed by atoms with Crippen molar-refractivity contribution < 1.29 is 14.7 Å². The fourth-order valence-electron chi connectivity index (χ4n) is 5.66. The van der Waals surface area contributed by atoms with Crippen molar-refractivity contribution in [2.75, 3.05) is 52.4 Å². The summed E-state index contributed by atoms with van der Waals surface area (Å²) in [5, 5.41) is 11.6. The molecule has 0 radical (unpaired) electrons. The molecule has 7 nitrogen and oxygen atoms in total. The second-order valence-corrected chi connectivity index (χ2v) is 14.8. The summed E-state index contributed by atoms with van der Waals surface area (Å²) >= 11 is 5.74. The van der Waals surface area contributed by atoms with Gasteiger partial charge in [-0.3, -0.25) is 19.4 Å². The van der Waals surface area contributed by atoms with E-state index in [1.54, 1.807) is 20.7 Å². The van der Waals surface area contributed by atoms with Gasteiger partial charge in [0.25, 0.3) is 0 Å². The minimum atomic E-state index is 0.0123. The molecule has 0 bridgehead atoms. The molecule has 3 heterocycles. The van der Waals surface area contributed by atoms with Crippen LogP contribution in [0.4, 0.5) is 0 Å². The summed E-state index contributed by atoms with van der Waals surface area (Å²) in [6, 6.07) is 4.32. The first-order chi connectivity index (χ1) is 19.6. The molecule has 2 fully saturated rings. The van der Waals surface area contributed by atoms with Gasteiger partial charge in [0.2, 0.25) is 11.8 Å². The average molecular weight is 619 g/mol. The lowest BCUT2D eigenvalue weighted by atomic mass is 9.98. The van der Waals surface area contributed by atoms with Crippen LogP contribution >= 0.6 is 32.9 Å². The molecule has 2 saturated heterocycles. The Morgan fingerprint density at radius 1 is 0.829 bits per heavy atom. The summed E-state index contributed by atoms with van der Waals surface area (Å²) in [5.74, 6) is 0.816. The topological polar surface area (TPSA) is 67.3 Å². The number of rotatable bonds is 10. The van der Waals surface area contributed by atoms with E-state index in [1.807, 2.05) is 37.5 Å². The Balaban J connectivity index is 1.58. The van der Waals surface area contributed by atoms with E-state index in [0.29, 0.717) is 18.8 Å². The molecule has 0 spiro atoms. The third-order valence-electron chi connectivity index (χ3n) is 8.18. The van der Waals surface area contributed by atoms with Gasteiger partial charge >= 0.3 is 0 Å². The molecule has 10 heteroatoms. The molecule has 0 atom stereocenters. The molecule has 2 amide bonds. The van der Waals surface area contributed by atoms with E-state index >= 15 is 0 Å². The van der Waals surface area contributed by atoms with Crippen LogP contribution in [-0.4, -0.2) is 88.9 Å². The zero-order chi connectivity index (χ0) is 29.7. The van der Waals surface area contributed by atoms with Crippen LogP contribution in [0.3, 0.4) is 0 Å². The Hall–Kier alpha value is -1.85. The maximum absolute atomic E-state index is 12.5. The van der Waals surface area contributed by atoms with Gasteiger partial charge in [-0.2, -0.15) is 0 Å². The highest BCUT2D eigenvalue weighted by Crippen LogP contribution is 2.39. The summed E-state index contributed by atoms with van der Waals surface area (Å²) in [7, 11) is 3.42. The lowest BCUT2D eigenvalue weighted by molar-refractivity contribution is -0.137. The molecule has 2 aliphatic heterocycles. The van der Waals surface area contributed by atoms with Gasteiger partial charge in [0, 0.05) is 88.4 Å². The SMILES string of the molecule is CCCCc1c(-c2cc(CN3CCN(C(=O)C(C)C)CC3)c(O)c(CN3CCN(C(=O)C(C)C)CC3)c2)ssc1=S. The highest BCUT2D eigenvalue weighted by Gasteiger charge is 2.26. The van der Waals surface area contributed by atoms with Crippen molar-refractivity contribution in [3.63, 3.8) is 0 Å². The Morgan fingerprint density at radius 3 is 1.71 bits per heavy atom. The van der Waals surface area contributed by atoms with E-state index in [1.165, 1.54) is 10.4 Å². The number of phenols is 1. The van der Waals surface area contributed by atoms with Gasteiger partial charge in [-0.15, -0.1) is 0 Å². The zero-order valence-corrected chi connectivity index (χ0v) is 27.7. The molecule has 4 rings (SSSR count). The number of benzene rings is 1. The fraction of sp³-hybridized carbons (Fsp3) is 0.645. The van der Waals surface area contributed by atoms with Crippen molar-refractivity contribution in [3.8, 4) is 16.2 Å². The molecule has 0 saturated carbocycles. The van der Waals surface area contributed by atoms with Crippen molar-refractivity contribution in [3.05, 3.63) is 32.6 Å². The number of aromatic hydroxyl groups is 1. The number of amides is 2. The van der Waals surface area contributed by atoms with Crippen LogP contribution in [0.25, 0.3) is 10.4 Å². The molecule has 0 unspecified atom stereocenters. The number of unbranched alkanes of at least 4 members (excludes halogenated alkanes) is 1. The van der Waals surface area contributed by atoms with E-state index < -0.39 is 0 Å². The molecule has 0 aliphatic carbocycles. The molecule has 2 aliphatic rings. The van der Waals surface area contributed by atoms with E-state index in [2.05, 4.69) is 28.9 Å². The maximum Gasteiger partial charge on any atom is 0.225 e. The van der Waals surface area contributed by atoms with Crippen molar-refractivity contribution in [2.45, 2.75) is 67.0 Å². The van der Waals surface area contributed by atoms with Crippen molar-refractivity contribution in [1.29, 1.82) is 0 Å². The van der Waals surface area contributed by atoms with Crippen LogP contribution < -0.4 is 0 Å². The van der Waals surface area contributed by atoms with Crippen LogP contribution in [0, 0.1) is 15.7 Å². The first-order valence-corrected chi connectivity index (χ1v) is 17.6. The molecular weight excluding hydrogens is 573 g/mol. The normalized spacial score (nSPS) is 17.1. The smallest absolute Gasteiger partial charge is 0.225 e. The Bertz CT molecular complexity index is 1190. The number of hydrogen-bond acceptors (Lipinski definition) is 8. The summed E-state index contributed by atoms with van der Waals surface area (Å²) in [6.07, 6.45) is 3.21. The molecule has 1 aromatic heterocycles. The number of carbonyl (C=O) groups excluding carboxylic acids is 2. The average Bonchev–Trinajstić information content (AvgIpc) is 3.33. The highest BCUT2D eigenvalue weighted by molar-refractivity contribution is 7.80. The second-order valence-electron chi connectivity index (χ2n) is 12.0. The standard InChI is InChI=1S/C31H46N4O3S3/c1-6-7-8-26-28(40-41-31(26)39)23-17-24(19-32-9-13-34(14-10-32)29(37)21(2)3)27(36)25(18-23)20-33-11-15-35(16-12-33)30(38)22(4)5/h17-18,21-22,36H,6-16,19-20H2,1-5H3. The van der Waals surface area contributed by atoms with Gasteiger partial charge in [0.1, 0.15) is 9.57 Å². The number of carbonyl (C=O) groups is 2. The minimum Gasteiger partial charge on any atom is -0.507 e. The number of nitrogens with zero attached hydrogens (tertiary/aromatic N) is 4. The maximum atomic E-state index is 12.5. The monoisotopic (exact) mass is 618 g/mol. The van der Waals surface area contributed by atoms with E-state index in [9.17, 15) is 14.7 Å². The molecule has 2 aromatic rings.